The number of primary amides is 1. The van der Waals surface area contributed by atoms with Crippen molar-refractivity contribution >= 4 is 28.7 Å². The van der Waals surface area contributed by atoms with E-state index in [4.69, 9.17) is 10.8 Å². The highest BCUT2D eigenvalue weighted by Crippen LogP contribution is 2.18. The molecule has 0 spiro atoms. The van der Waals surface area contributed by atoms with Crippen LogP contribution in [0.1, 0.15) is 16.2 Å². The van der Waals surface area contributed by atoms with Crippen molar-refractivity contribution in [2.75, 3.05) is 25.4 Å². The van der Waals surface area contributed by atoms with E-state index in [1.165, 1.54) is 0 Å². The number of H-pyrrole nitrogens is 1. The molecule has 0 bridgehead atoms. The molecule has 1 aromatic heterocycles. The van der Waals surface area contributed by atoms with E-state index in [-0.39, 0.29) is 6.61 Å². The number of aromatic amines is 1. The molecule has 0 fully saturated rings. The lowest BCUT2D eigenvalue weighted by atomic mass is 10.2. The zero-order chi connectivity index (χ0) is 14.4. The predicted octanol–water partition coefficient (Wildman–Crippen LogP) is 0.477. The second-order valence-corrected chi connectivity index (χ2v) is 5.38. The number of thioether (sulfide) groups is 1. The number of aromatic nitrogens is 2. The minimum Gasteiger partial charge on any atom is -0.395 e. The molecule has 1 amide bonds. The zero-order valence-corrected chi connectivity index (χ0v) is 11.9. The third kappa shape index (κ3) is 3.72. The molecule has 0 unspecified atom stereocenters. The summed E-state index contributed by atoms with van der Waals surface area (Å²) in [5.41, 5.74) is 7.24. The first-order chi connectivity index (χ1) is 9.72. The summed E-state index contributed by atoms with van der Waals surface area (Å²) in [7, 11) is 0. The monoisotopic (exact) mass is 294 g/mol. The van der Waals surface area contributed by atoms with Crippen molar-refractivity contribution in [1.82, 2.24) is 15.3 Å². The van der Waals surface area contributed by atoms with Gasteiger partial charge in [0.1, 0.15) is 11.3 Å². The lowest BCUT2D eigenvalue weighted by Gasteiger charge is -2.01. The summed E-state index contributed by atoms with van der Waals surface area (Å²) in [5.74, 6) is 2.04. The number of fused-ring (bicyclic) bond motifs is 1. The Morgan fingerprint density at radius 2 is 2.30 bits per heavy atom. The first kappa shape index (κ1) is 14.8. The molecule has 1 aromatic carbocycles. The number of rotatable bonds is 8. The van der Waals surface area contributed by atoms with Gasteiger partial charge in [0.25, 0.3) is 5.91 Å². The van der Waals surface area contributed by atoms with Crippen LogP contribution >= 0.6 is 11.8 Å². The molecule has 0 aliphatic carbocycles. The summed E-state index contributed by atoms with van der Waals surface area (Å²) in [6.07, 6.45) is 0. The molecule has 0 aliphatic rings. The third-order valence-corrected chi connectivity index (χ3v) is 3.75. The molecule has 0 saturated carbocycles. The number of aliphatic hydroxyl groups excluding tert-OH is 1. The van der Waals surface area contributed by atoms with Gasteiger partial charge in [0.15, 0.2) is 0 Å². The smallest absolute Gasteiger partial charge is 0.250 e. The number of hydrogen-bond donors (Lipinski definition) is 4. The first-order valence-corrected chi connectivity index (χ1v) is 7.54. The number of nitrogens with one attached hydrogen (secondary N) is 2. The molecular formula is C13H18N4O2S. The summed E-state index contributed by atoms with van der Waals surface area (Å²) in [6.45, 7) is 1.62. The Morgan fingerprint density at radius 1 is 1.45 bits per heavy atom. The lowest BCUT2D eigenvalue weighted by molar-refractivity contribution is 0.100. The highest BCUT2D eigenvalue weighted by Gasteiger charge is 2.10. The third-order valence-electron chi connectivity index (χ3n) is 2.78. The zero-order valence-electron chi connectivity index (χ0n) is 11.1. The highest BCUT2D eigenvalue weighted by atomic mass is 32.2. The summed E-state index contributed by atoms with van der Waals surface area (Å²) in [5, 5.41) is 11.7. The van der Waals surface area contributed by atoms with E-state index in [2.05, 4.69) is 15.3 Å². The van der Waals surface area contributed by atoms with Crippen molar-refractivity contribution in [3.63, 3.8) is 0 Å². The van der Waals surface area contributed by atoms with Crippen molar-refractivity contribution < 1.29 is 9.90 Å². The Labute approximate surface area is 121 Å². The quantitative estimate of drug-likeness (QED) is 0.530. The number of amides is 1. The second kappa shape index (κ2) is 7.28. The minimum absolute atomic E-state index is 0.157. The van der Waals surface area contributed by atoms with Gasteiger partial charge >= 0.3 is 0 Å². The van der Waals surface area contributed by atoms with E-state index >= 15 is 0 Å². The van der Waals surface area contributed by atoms with Crippen LogP contribution in [0.5, 0.6) is 0 Å². The molecule has 0 saturated heterocycles. The standard InChI is InChI=1S/C13H18N4O2S/c14-13(19)9-2-1-3-10-12(9)17-11(16-10)8-20-7-5-15-4-6-18/h1-3,15,18H,4-8H2,(H2,14,19)(H,16,17). The highest BCUT2D eigenvalue weighted by molar-refractivity contribution is 7.98. The van der Waals surface area contributed by atoms with Crippen molar-refractivity contribution in [2.24, 2.45) is 5.73 Å². The van der Waals surface area contributed by atoms with Gasteiger partial charge in [0.05, 0.1) is 23.4 Å². The summed E-state index contributed by atoms with van der Waals surface area (Å²) in [6, 6.07) is 5.35. The fraction of sp³-hybridized carbons (Fsp3) is 0.385. The van der Waals surface area contributed by atoms with Gasteiger partial charge in [-0.25, -0.2) is 4.98 Å². The molecular weight excluding hydrogens is 276 g/mol. The fourth-order valence-corrected chi connectivity index (χ4v) is 2.63. The van der Waals surface area contributed by atoms with E-state index in [9.17, 15) is 4.79 Å². The van der Waals surface area contributed by atoms with Gasteiger partial charge in [-0.15, -0.1) is 0 Å². The van der Waals surface area contributed by atoms with Crippen LogP contribution in [0.15, 0.2) is 18.2 Å². The van der Waals surface area contributed by atoms with Gasteiger partial charge in [-0.2, -0.15) is 11.8 Å². The maximum Gasteiger partial charge on any atom is 0.250 e. The molecule has 0 aliphatic heterocycles. The van der Waals surface area contributed by atoms with E-state index in [1.54, 1.807) is 23.9 Å². The van der Waals surface area contributed by atoms with Crippen LogP contribution in [-0.4, -0.2) is 46.4 Å². The molecule has 2 aromatic rings. The number of carbonyl (C=O) groups excluding carboxylic acids is 1. The summed E-state index contributed by atoms with van der Waals surface area (Å²) < 4.78 is 0. The van der Waals surface area contributed by atoms with Crippen molar-refractivity contribution in [1.29, 1.82) is 0 Å². The largest absolute Gasteiger partial charge is 0.395 e. The summed E-state index contributed by atoms with van der Waals surface area (Å²) in [4.78, 5) is 18.9. The number of carbonyl (C=O) groups is 1. The summed E-state index contributed by atoms with van der Waals surface area (Å²) >= 11 is 1.73. The Bertz CT molecular complexity index is 585. The molecule has 2 rings (SSSR count). The number of nitrogens with two attached hydrogens (primary N) is 1. The second-order valence-electron chi connectivity index (χ2n) is 4.28. The predicted molar refractivity (Wildman–Crippen MR) is 80.7 cm³/mol. The lowest BCUT2D eigenvalue weighted by Crippen LogP contribution is -2.20. The van der Waals surface area contributed by atoms with Crippen LogP contribution in [0, 0.1) is 0 Å². The number of hydrogen-bond acceptors (Lipinski definition) is 5. The van der Waals surface area contributed by atoms with Crippen molar-refractivity contribution in [2.45, 2.75) is 5.75 Å². The SMILES string of the molecule is NC(=O)c1cccc2[nH]c(CSCCNCCO)nc12. The molecule has 1 heterocycles. The Kier molecular flexibility index (Phi) is 5.40. The molecule has 7 heteroatoms. The molecule has 108 valence electrons. The van der Waals surface area contributed by atoms with Crippen molar-refractivity contribution in [3.05, 3.63) is 29.6 Å². The maximum atomic E-state index is 11.3. The molecule has 6 nitrogen and oxygen atoms in total. The number of nitrogens with zero attached hydrogens (tertiary/aromatic N) is 1. The van der Waals surface area contributed by atoms with Crippen LogP contribution in [0.3, 0.4) is 0 Å². The van der Waals surface area contributed by atoms with Crippen LogP contribution in [0.4, 0.5) is 0 Å². The van der Waals surface area contributed by atoms with Crippen LogP contribution in [-0.2, 0) is 5.75 Å². The van der Waals surface area contributed by atoms with Crippen LogP contribution < -0.4 is 11.1 Å². The first-order valence-electron chi connectivity index (χ1n) is 6.39. The fourth-order valence-electron chi connectivity index (χ4n) is 1.87. The van der Waals surface area contributed by atoms with E-state index < -0.39 is 5.91 Å². The van der Waals surface area contributed by atoms with E-state index in [1.807, 2.05) is 6.07 Å². The van der Waals surface area contributed by atoms with Crippen LogP contribution in [0.25, 0.3) is 11.0 Å². The van der Waals surface area contributed by atoms with E-state index in [0.717, 1.165) is 29.4 Å². The van der Waals surface area contributed by atoms with Gasteiger partial charge in [-0.3, -0.25) is 4.79 Å². The minimum atomic E-state index is -0.463. The van der Waals surface area contributed by atoms with E-state index in [0.29, 0.717) is 17.6 Å². The number of benzene rings is 1. The van der Waals surface area contributed by atoms with Crippen LogP contribution in [0.2, 0.25) is 0 Å². The Balaban J connectivity index is 1.95. The average molecular weight is 294 g/mol. The topological polar surface area (TPSA) is 104 Å². The molecule has 0 atom stereocenters. The van der Waals surface area contributed by atoms with Gasteiger partial charge < -0.3 is 21.1 Å². The Hall–Kier alpha value is -1.57. The van der Waals surface area contributed by atoms with Gasteiger partial charge in [0, 0.05) is 18.8 Å². The number of aliphatic hydroxyl groups is 1. The molecule has 0 radical (unpaired) electrons. The molecule has 5 N–H and O–H groups in total. The molecule has 20 heavy (non-hydrogen) atoms. The normalized spacial score (nSPS) is 11.1. The van der Waals surface area contributed by atoms with Gasteiger partial charge in [-0.1, -0.05) is 6.07 Å². The maximum absolute atomic E-state index is 11.3. The average Bonchev–Trinajstić information content (AvgIpc) is 2.84. The van der Waals surface area contributed by atoms with Gasteiger partial charge in [0.2, 0.25) is 0 Å². The van der Waals surface area contributed by atoms with Crippen molar-refractivity contribution in [3.8, 4) is 0 Å². The number of imidazole rings is 1. The van der Waals surface area contributed by atoms with Gasteiger partial charge in [-0.05, 0) is 12.1 Å². The number of para-hydroxylation sites is 1. The Morgan fingerprint density at radius 3 is 3.05 bits per heavy atom.